The van der Waals surface area contributed by atoms with Crippen molar-refractivity contribution in [2.24, 2.45) is 0 Å². The van der Waals surface area contributed by atoms with Crippen molar-refractivity contribution in [1.82, 2.24) is 0 Å². The third kappa shape index (κ3) is 6.36. The van der Waals surface area contributed by atoms with Gasteiger partial charge in [0.05, 0.1) is 12.7 Å². The van der Waals surface area contributed by atoms with Crippen LogP contribution in [0.3, 0.4) is 0 Å². The molecule has 5 rings (SSSR count). The van der Waals surface area contributed by atoms with Crippen molar-refractivity contribution < 1.29 is 64.2 Å². The van der Waals surface area contributed by atoms with E-state index < -0.39 is 78.8 Å². The molecule has 9 atom stereocenters. The van der Waals surface area contributed by atoms with Crippen LogP contribution in [0.2, 0.25) is 0 Å². The maximum absolute atomic E-state index is 14.1. The molecule has 2 fully saturated rings. The summed E-state index contributed by atoms with van der Waals surface area (Å²) in [6.07, 6.45) is -12.1. The molecule has 8 unspecified atom stereocenters. The third-order valence-corrected chi connectivity index (χ3v) is 7.79. The minimum absolute atomic E-state index is 0.0859. The Labute approximate surface area is 256 Å². The number of aliphatic hydroxyl groups excluding tert-OH is 5. The Morgan fingerprint density at radius 1 is 0.933 bits per heavy atom. The fraction of sp³-hybridized carbons (Fsp3) is 0.452. The van der Waals surface area contributed by atoms with Crippen LogP contribution in [0.1, 0.15) is 26.3 Å². The van der Waals surface area contributed by atoms with Crippen molar-refractivity contribution in [3.63, 3.8) is 0 Å². The Bertz CT molecular complexity index is 1610. The van der Waals surface area contributed by atoms with Crippen LogP contribution in [0.5, 0.6) is 23.0 Å². The monoisotopic (exact) mass is 632 g/mol. The van der Waals surface area contributed by atoms with Crippen molar-refractivity contribution >= 4 is 11.0 Å². The average Bonchev–Trinajstić information content (AvgIpc) is 2.98. The van der Waals surface area contributed by atoms with Crippen LogP contribution in [0.25, 0.3) is 22.3 Å². The summed E-state index contributed by atoms with van der Waals surface area (Å²) in [6, 6.07) is 6.53. The summed E-state index contributed by atoms with van der Waals surface area (Å²) in [5.41, 5.74) is 0.347. The first kappa shape index (κ1) is 32.7. The van der Waals surface area contributed by atoms with Gasteiger partial charge < -0.3 is 64.2 Å². The van der Waals surface area contributed by atoms with Gasteiger partial charge in [-0.15, -0.1) is 0 Å². The minimum atomic E-state index is -1.76. The van der Waals surface area contributed by atoms with Crippen molar-refractivity contribution in [3.05, 3.63) is 57.8 Å². The quantitative estimate of drug-likeness (QED) is 0.168. The molecule has 14 heteroatoms. The lowest BCUT2D eigenvalue weighted by Crippen LogP contribution is -2.62. The molecule has 3 aromatic rings. The summed E-state index contributed by atoms with van der Waals surface area (Å²) >= 11 is 0. The molecular formula is C31H36O14. The molecule has 2 aromatic carbocycles. The van der Waals surface area contributed by atoms with E-state index in [0.29, 0.717) is 0 Å². The largest absolute Gasteiger partial charge is 0.508 e. The topological polar surface area (TPSA) is 229 Å². The summed E-state index contributed by atoms with van der Waals surface area (Å²) < 4.78 is 29.0. The minimum Gasteiger partial charge on any atom is -0.508 e. The molecule has 2 aliphatic rings. The molecule has 2 aliphatic heterocycles. The molecule has 0 spiro atoms. The maximum atomic E-state index is 14.1. The summed E-state index contributed by atoms with van der Waals surface area (Å²) in [6.45, 7) is 4.70. The van der Waals surface area contributed by atoms with Gasteiger partial charge in [-0.05, 0) is 51.5 Å². The molecule has 2 saturated heterocycles. The zero-order valence-electron chi connectivity index (χ0n) is 24.6. The van der Waals surface area contributed by atoms with E-state index in [-0.39, 0.29) is 45.8 Å². The lowest BCUT2D eigenvalue weighted by Gasteiger charge is -2.44. The van der Waals surface area contributed by atoms with Crippen LogP contribution < -0.4 is 10.2 Å². The highest BCUT2D eigenvalue weighted by atomic mass is 16.8. The van der Waals surface area contributed by atoms with Gasteiger partial charge in [0, 0.05) is 17.2 Å². The lowest BCUT2D eigenvalue weighted by molar-refractivity contribution is -0.341. The first-order valence-corrected chi connectivity index (χ1v) is 14.2. The molecule has 0 saturated carbocycles. The molecule has 1 aromatic heterocycles. The average molecular weight is 633 g/mol. The van der Waals surface area contributed by atoms with Crippen LogP contribution in [0.4, 0.5) is 0 Å². The number of rotatable bonds is 7. The Balaban J connectivity index is 1.65. The number of hydrogen-bond donors (Lipinski definition) is 8. The highest BCUT2D eigenvalue weighted by Gasteiger charge is 2.49. The number of ether oxygens (including phenoxy) is 4. The summed E-state index contributed by atoms with van der Waals surface area (Å²) in [7, 11) is 0. The number of benzene rings is 2. The van der Waals surface area contributed by atoms with Crippen LogP contribution in [-0.4, -0.2) is 103 Å². The summed E-state index contributed by atoms with van der Waals surface area (Å²) in [5, 5.41) is 82.9. The van der Waals surface area contributed by atoms with Gasteiger partial charge >= 0.3 is 0 Å². The van der Waals surface area contributed by atoms with Crippen molar-refractivity contribution in [3.8, 4) is 34.3 Å². The molecule has 244 valence electrons. The van der Waals surface area contributed by atoms with Crippen LogP contribution >= 0.6 is 0 Å². The molecule has 0 aliphatic carbocycles. The van der Waals surface area contributed by atoms with E-state index in [1.807, 2.05) is 13.8 Å². The van der Waals surface area contributed by atoms with Crippen LogP contribution in [0.15, 0.2) is 51.2 Å². The molecule has 0 amide bonds. The van der Waals surface area contributed by atoms with E-state index >= 15 is 0 Å². The predicted octanol–water partition coefficient (Wildman–Crippen LogP) is 0.755. The Kier molecular flexibility index (Phi) is 9.39. The molecule has 3 heterocycles. The second kappa shape index (κ2) is 12.9. The highest BCUT2D eigenvalue weighted by molar-refractivity contribution is 5.91. The molecule has 0 bridgehead atoms. The Morgan fingerprint density at radius 3 is 2.29 bits per heavy atom. The Morgan fingerprint density at radius 2 is 1.62 bits per heavy atom. The van der Waals surface area contributed by atoms with Gasteiger partial charge in [-0.25, -0.2) is 0 Å². The van der Waals surface area contributed by atoms with Gasteiger partial charge in [-0.2, -0.15) is 0 Å². The first-order chi connectivity index (χ1) is 21.3. The third-order valence-electron chi connectivity index (χ3n) is 7.79. The number of aromatic hydroxyl groups is 3. The van der Waals surface area contributed by atoms with E-state index in [1.165, 1.54) is 31.2 Å². The van der Waals surface area contributed by atoms with Gasteiger partial charge in [-0.3, -0.25) is 4.79 Å². The molecule has 8 N–H and O–H groups in total. The zero-order chi connectivity index (χ0) is 32.7. The van der Waals surface area contributed by atoms with Crippen LogP contribution in [-0.2, 0) is 20.6 Å². The number of phenolic OH excluding ortho intramolecular Hbond substituents is 3. The number of allylic oxidation sites excluding steroid dienone is 2. The maximum Gasteiger partial charge on any atom is 0.239 e. The van der Waals surface area contributed by atoms with Crippen LogP contribution in [0, 0.1) is 0 Å². The SMILES string of the molecule is CC(C)=CCc1c(O)cc(O)c2c(=O)c(OC3OC(C)C(O)C(O)C3O[C@H]3OCC(O)C(O)C3O)c(-c3ccc(O)cc3)oc12. The van der Waals surface area contributed by atoms with Gasteiger partial charge in [0.2, 0.25) is 17.5 Å². The summed E-state index contributed by atoms with van der Waals surface area (Å²) in [4.78, 5) is 14.1. The van der Waals surface area contributed by atoms with Gasteiger partial charge in [0.15, 0.2) is 18.2 Å². The van der Waals surface area contributed by atoms with Gasteiger partial charge in [-0.1, -0.05) is 11.6 Å². The molecular weight excluding hydrogens is 596 g/mol. The lowest BCUT2D eigenvalue weighted by atomic mass is 9.99. The van der Waals surface area contributed by atoms with E-state index in [2.05, 4.69) is 0 Å². The number of aliphatic hydroxyl groups is 5. The van der Waals surface area contributed by atoms with E-state index in [4.69, 9.17) is 23.4 Å². The van der Waals surface area contributed by atoms with E-state index in [9.17, 15) is 45.6 Å². The van der Waals surface area contributed by atoms with Gasteiger partial charge in [0.25, 0.3) is 0 Å². The molecule has 14 nitrogen and oxygen atoms in total. The first-order valence-electron chi connectivity index (χ1n) is 14.2. The van der Waals surface area contributed by atoms with Gasteiger partial charge in [0.1, 0.15) is 58.7 Å². The zero-order valence-corrected chi connectivity index (χ0v) is 24.6. The number of hydrogen-bond acceptors (Lipinski definition) is 14. The van der Waals surface area contributed by atoms with Crippen molar-refractivity contribution in [2.75, 3.05) is 6.61 Å². The smallest absolute Gasteiger partial charge is 0.239 e. The predicted molar refractivity (Wildman–Crippen MR) is 156 cm³/mol. The number of fused-ring (bicyclic) bond motifs is 1. The standard InChI is InChI=1S/C31H36O14/c1-12(2)4-9-16-17(33)10-18(34)20-23(38)28(26(43-27(16)20)14-5-7-15(32)8-6-14)44-31-29(24(39)21(36)13(3)42-31)45-30-25(40)22(37)19(35)11-41-30/h4-8,10,13,19,21-22,24-25,29-37,39-40H,9,11H2,1-3H3/t13?,19?,21?,22?,24?,25?,29?,30-,31?/m1/s1. The molecule has 45 heavy (non-hydrogen) atoms. The highest BCUT2D eigenvalue weighted by Crippen LogP contribution is 2.40. The van der Waals surface area contributed by atoms with E-state index in [0.717, 1.165) is 11.6 Å². The van der Waals surface area contributed by atoms with E-state index in [1.54, 1.807) is 6.08 Å². The fourth-order valence-corrected chi connectivity index (χ4v) is 5.19. The Hall–Kier alpha value is -3.73. The normalized spacial score (nSPS) is 30.3. The second-order valence-corrected chi connectivity index (χ2v) is 11.4. The van der Waals surface area contributed by atoms with Crippen molar-refractivity contribution in [2.45, 2.75) is 82.5 Å². The summed E-state index contributed by atoms with van der Waals surface area (Å²) in [5.74, 6) is -1.72. The number of phenols is 3. The van der Waals surface area contributed by atoms with Crippen molar-refractivity contribution in [1.29, 1.82) is 0 Å². The molecule has 0 radical (unpaired) electrons. The fourth-order valence-electron chi connectivity index (χ4n) is 5.19. The second-order valence-electron chi connectivity index (χ2n) is 11.4.